The molecule has 0 atom stereocenters. The van der Waals surface area contributed by atoms with E-state index in [1.165, 1.54) is 6.92 Å². The first-order valence-electron chi connectivity index (χ1n) is 5.57. The van der Waals surface area contributed by atoms with Crippen LogP contribution in [0, 0.1) is 0 Å². The van der Waals surface area contributed by atoms with Gasteiger partial charge in [-0.1, -0.05) is 6.58 Å². The van der Waals surface area contributed by atoms with Crippen molar-refractivity contribution in [2.45, 2.75) is 38.7 Å². The van der Waals surface area contributed by atoms with Crippen LogP contribution in [0.4, 0.5) is 13.2 Å². The number of carbonyl (C=O) groups excluding carboxylic acids is 1. The molecule has 0 amide bonds. The third-order valence-electron chi connectivity index (χ3n) is 2.13. The van der Waals surface area contributed by atoms with Gasteiger partial charge in [0.2, 0.25) is 0 Å². The van der Waals surface area contributed by atoms with Crippen LogP contribution in [-0.2, 0) is 14.0 Å². The van der Waals surface area contributed by atoms with E-state index >= 15 is 0 Å². The van der Waals surface area contributed by atoms with Crippen molar-refractivity contribution in [3.05, 3.63) is 12.2 Å². The van der Waals surface area contributed by atoms with Crippen molar-refractivity contribution in [3.8, 4) is 0 Å². The van der Waals surface area contributed by atoms with Crippen LogP contribution in [0.15, 0.2) is 12.2 Å². The highest BCUT2D eigenvalue weighted by Gasteiger charge is 2.32. The Balaban J connectivity index is 3.84. The summed E-state index contributed by atoms with van der Waals surface area (Å²) in [5.41, 5.74) is 0.305. The van der Waals surface area contributed by atoms with Crippen LogP contribution in [0.1, 0.15) is 13.3 Å². The molecule has 0 aliphatic carbocycles. The Morgan fingerprint density at radius 1 is 1.33 bits per heavy atom. The number of esters is 1. The Labute approximate surface area is 106 Å². The van der Waals surface area contributed by atoms with Gasteiger partial charge in [-0.05, 0) is 32.5 Å². The number of rotatable bonds is 7. The molecule has 0 spiro atoms. The smallest absolute Gasteiger partial charge is 0.410 e. The molecule has 0 saturated carbocycles. The van der Waals surface area contributed by atoms with Gasteiger partial charge in [0.1, 0.15) is 6.61 Å². The molecule has 0 aromatic heterocycles. The molecule has 0 aliphatic heterocycles. The second-order valence-electron chi connectivity index (χ2n) is 4.68. The predicted molar refractivity (Wildman–Crippen MR) is 64.7 cm³/mol. The third-order valence-corrected chi connectivity index (χ3v) is 4.61. The van der Waals surface area contributed by atoms with Crippen LogP contribution in [-0.4, -0.2) is 33.7 Å². The SMILES string of the molecule is C=C(C)C(=O)OCCC[Si](C)(C)OCC(F)(F)F. The third kappa shape index (κ3) is 9.23. The summed E-state index contributed by atoms with van der Waals surface area (Å²) in [7, 11) is -2.35. The van der Waals surface area contributed by atoms with Gasteiger partial charge in [-0.15, -0.1) is 0 Å². The first-order valence-corrected chi connectivity index (χ1v) is 8.68. The topological polar surface area (TPSA) is 35.5 Å². The fourth-order valence-electron chi connectivity index (χ4n) is 1.14. The van der Waals surface area contributed by atoms with Gasteiger partial charge in [0, 0.05) is 5.57 Å². The van der Waals surface area contributed by atoms with Gasteiger partial charge in [-0.3, -0.25) is 0 Å². The summed E-state index contributed by atoms with van der Waals surface area (Å²) in [6.45, 7) is 7.34. The second kappa shape index (κ2) is 6.94. The fourth-order valence-corrected chi connectivity index (χ4v) is 2.83. The standard InChI is InChI=1S/C11H19F3O3Si/c1-9(2)10(15)16-6-5-7-18(3,4)17-8-11(12,13)14/h1,5-8H2,2-4H3. The quantitative estimate of drug-likeness (QED) is 0.311. The molecule has 0 fully saturated rings. The Morgan fingerprint density at radius 3 is 2.33 bits per heavy atom. The average Bonchev–Trinajstić information content (AvgIpc) is 2.20. The fraction of sp³-hybridized carbons (Fsp3) is 0.727. The molecule has 0 saturated heterocycles. The van der Waals surface area contributed by atoms with Crippen LogP contribution in [0.5, 0.6) is 0 Å². The molecule has 0 rings (SSSR count). The molecule has 7 heteroatoms. The van der Waals surface area contributed by atoms with Gasteiger partial charge < -0.3 is 9.16 Å². The Morgan fingerprint density at radius 2 is 1.89 bits per heavy atom. The zero-order chi connectivity index (χ0) is 14.4. The molecule has 0 bridgehead atoms. The molecule has 0 N–H and O–H groups in total. The minimum Gasteiger partial charge on any atom is -0.462 e. The van der Waals surface area contributed by atoms with Gasteiger partial charge in [-0.25, -0.2) is 4.79 Å². The Bertz CT molecular complexity index is 300. The summed E-state index contributed by atoms with van der Waals surface area (Å²) < 4.78 is 45.7. The molecular formula is C11H19F3O3Si. The van der Waals surface area contributed by atoms with Crippen LogP contribution in [0.3, 0.4) is 0 Å². The Hall–Kier alpha value is -0.823. The zero-order valence-electron chi connectivity index (χ0n) is 10.9. The van der Waals surface area contributed by atoms with E-state index in [9.17, 15) is 18.0 Å². The largest absolute Gasteiger partial charge is 0.462 e. The van der Waals surface area contributed by atoms with Crippen molar-refractivity contribution in [2.75, 3.05) is 13.2 Å². The van der Waals surface area contributed by atoms with Crippen molar-refractivity contribution in [1.82, 2.24) is 0 Å². The van der Waals surface area contributed by atoms with E-state index in [-0.39, 0.29) is 6.61 Å². The molecule has 0 aliphatic rings. The molecule has 106 valence electrons. The maximum absolute atomic E-state index is 12.0. The van der Waals surface area contributed by atoms with E-state index < -0.39 is 27.1 Å². The van der Waals surface area contributed by atoms with E-state index in [0.717, 1.165) is 0 Å². The van der Waals surface area contributed by atoms with E-state index in [0.29, 0.717) is 18.0 Å². The molecule has 3 nitrogen and oxygen atoms in total. The predicted octanol–water partition coefficient (Wildman–Crippen LogP) is 3.28. The number of carbonyl (C=O) groups is 1. The van der Waals surface area contributed by atoms with Gasteiger partial charge in [0.15, 0.2) is 8.32 Å². The lowest BCUT2D eigenvalue weighted by Gasteiger charge is -2.23. The van der Waals surface area contributed by atoms with Crippen LogP contribution >= 0.6 is 0 Å². The minimum absolute atomic E-state index is 0.178. The first-order chi connectivity index (χ1) is 8.03. The summed E-state index contributed by atoms with van der Waals surface area (Å²) in [5.74, 6) is -0.481. The van der Waals surface area contributed by atoms with Crippen molar-refractivity contribution in [1.29, 1.82) is 0 Å². The normalized spacial score (nSPS) is 12.3. The number of halogens is 3. The summed E-state index contributed by atoms with van der Waals surface area (Å²) in [6, 6.07) is 0.506. The molecule has 0 aromatic rings. The zero-order valence-corrected chi connectivity index (χ0v) is 11.9. The van der Waals surface area contributed by atoms with Gasteiger partial charge in [0.25, 0.3) is 0 Å². The lowest BCUT2D eigenvalue weighted by molar-refractivity contribution is -0.155. The summed E-state index contributed by atoms with van der Waals surface area (Å²) in [6.07, 6.45) is -3.80. The molecule has 0 heterocycles. The maximum atomic E-state index is 12.0. The summed E-state index contributed by atoms with van der Waals surface area (Å²) >= 11 is 0. The van der Waals surface area contributed by atoms with Crippen molar-refractivity contribution >= 4 is 14.3 Å². The van der Waals surface area contributed by atoms with Crippen LogP contribution in [0.25, 0.3) is 0 Å². The lowest BCUT2D eigenvalue weighted by Crippen LogP contribution is -2.35. The van der Waals surface area contributed by atoms with Crippen molar-refractivity contribution in [3.63, 3.8) is 0 Å². The number of hydrogen-bond donors (Lipinski definition) is 0. The van der Waals surface area contributed by atoms with Crippen molar-refractivity contribution in [2.24, 2.45) is 0 Å². The van der Waals surface area contributed by atoms with Crippen LogP contribution in [0.2, 0.25) is 19.1 Å². The number of alkyl halides is 3. The molecular weight excluding hydrogens is 265 g/mol. The van der Waals surface area contributed by atoms with Gasteiger partial charge in [0.05, 0.1) is 6.61 Å². The summed E-state index contributed by atoms with van der Waals surface area (Å²) in [4.78, 5) is 11.0. The second-order valence-corrected chi connectivity index (χ2v) is 8.99. The van der Waals surface area contributed by atoms with Gasteiger partial charge >= 0.3 is 12.1 Å². The van der Waals surface area contributed by atoms with E-state index in [1.54, 1.807) is 13.1 Å². The molecule has 0 unspecified atom stereocenters. The van der Waals surface area contributed by atoms with E-state index in [1.807, 2.05) is 0 Å². The molecule has 18 heavy (non-hydrogen) atoms. The minimum atomic E-state index is -4.29. The number of hydrogen-bond acceptors (Lipinski definition) is 3. The monoisotopic (exact) mass is 284 g/mol. The summed E-state index contributed by atoms with van der Waals surface area (Å²) in [5, 5.41) is 0. The highest BCUT2D eigenvalue weighted by molar-refractivity contribution is 6.71. The van der Waals surface area contributed by atoms with E-state index in [4.69, 9.17) is 9.16 Å². The van der Waals surface area contributed by atoms with E-state index in [2.05, 4.69) is 6.58 Å². The lowest BCUT2D eigenvalue weighted by atomic mass is 10.4. The molecule has 0 radical (unpaired) electrons. The van der Waals surface area contributed by atoms with Crippen molar-refractivity contribution < 1.29 is 27.1 Å². The average molecular weight is 284 g/mol. The highest BCUT2D eigenvalue weighted by Crippen LogP contribution is 2.20. The van der Waals surface area contributed by atoms with Gasteiger partial charge in [-0.2, -0.15) is 13.2 Å². The molecule has 0 aromatic carbocycles. The highest BCUT2D eigenvalue weighted by atomic mass is 28.4. The Kier molecular flexibility index (Phi) is 6.62. The van der Waals surface area contributed by atoms with Crippen LogP contribution < -0.4 is 0 Å². The number of ether oxygens (including phenoxy) is 1. The first kappa shape index (κ1) is 17.2. The maximum Gasteiger partial charge on any atom is 0.410 e.